The first-order valence-electron chi connectivity index (χ1n) is 14.7. The number of nitrogens with one attached hydrogen (secondary N) is 3. The zero-order chi connectivity index (χ0) is 32.0. The number of nitrogens with zero attached hydrogens (tertiary/aromatic N) is 1. The summed E-state index contributed by atoms with van der Waals surface area (Å²) in [4.78, 5) is 23.2. The molecule has 2 atom stereocenters. The summed E-state index contributed by atoms with van der Waals surface area (Å²) in [7, 11) is 0. The van der Waals surface area contributed by atoms with Crippen LogP contribution in [-0.4, -0.2) is 68.7 Å². The Bertz CT molecular complexity index is 1150. The third-order valence-electron chi connectivity index (χ3n) is 7.15. The molecule has 11 heteroatoms. The summed E-state index contributed by atoms with van der Waals surface area (Å²) in [6, 6.07) is 7.50. The molecular formula is C32H46Cl2F2N4O3. The summed E-state index contributed by atoms with van der Waals surface area (Å²) < 4.78 is 28.4. The Kier molecular flexibility index (Phi) is 15.9. The van der Waals surface area contributed by atoms with Gasteiger partial charge in [0.15, 0.2) is 0 Å². The van der Waals surface area contributed by atoms with Crippen molar-refractivity contribution in [3.63, 3.8) is 0 Å². The SMILES string of the molecule is CC(C)(C)C.O=CNCCCN1CCC(CO)CC1.O=CNc1cc(Cl)c(F)cc1[C@@H]1CNCC1c1cccc(Cl)c1F. The molecule has 4 rings (SSSR count). The standard InChI is InChI=1S/C17H14Cl2F2N2O.C10H20N2O2.C5H12/c18-13-3-1-2-9(17(13)21)11-6-22-7-12(11)10-4-15(20)14(19)5-16(10)23-8-24;13-8-10-2-6-12(7-3-10)5-1-4-11-9-14;1-5(2,3)4/h1-5,8,11-12,22H,6-7H2,(H,23,24);9-10,13H,1-8H2,(H,11,14);1-4H3/t11?,12-;;/m0../s1. The van der Waals surface area contributed by atoms with Crippen LogP contribution in [0.15, 0.2) is 30.3 Å². The third kappa shape index (κ3) is 12.7. The van der Waals surface area contributed by atoms with E-state index in [-0.39, 0.29) is 21.9 Å². The molecule has 2 saturated heterocycles. The number of aliphatic hydroxyl groups excluding tert-OH is 1. The Morgan fingerprint density at radius 3 is 2.21 bits per heavy atom. The van der Waals surface area contributed by atoms with Crippen molar-refractivity contribution in [1.29, 1.82) is 0 Å². The number of aliphatic hydroxyl groups is 1. The molecule has 1 unspecified atom stereocenters. The highest BCUT2D eigenvalue weighted by Gasteiger charge is 2.34. The molecule has 0 aliphatic carbocycles. The van der Waals surface area contributed by atoms with Crippen molar-refractivity contribution < 1.29 is 23.5 Å². The van der Waals surface area contributed by atoms with Gasteiger partial charge in [-0.1, -0.05) is 63.0 Å². The molecule has 0 radical (unpaired) electrons. The molecule has 240 valence electrons. The molecule has 0 saturated carbocycles. The molecule has 2 aliphatic rings. The largest absolute Gasteiger partial charge is 0.396 e. The van der Waals surface area contributed by atoms with Crippen LogP contribution in [0.1, 0.15) is 69.9 Å². The van der Waals surface area contributed by atoms with Crippen molar-refractivity contribution in [3.05, 3.63) is 63.1 Å². The Morgan fingerprint density at radius 2 is 1.63 bits per heavy atom. The van der Waals surface area contributed by atoms with E-state index in [1.165, 1.54) is 18.2 Å². The van der Waals surface area contributed by atoms with Crippen molar-refractivity contribution in [2.45, 2.75) is 58.8 Å². The molecule has 0 bridgehead atoms. The van der Waals surface area contributed by atoms with Crippen LogP contribution < -0.4 is 16.0 Å². The fraction of sp³-hybridized carbons (Fsp3) is 0.562. The van der Waals surface area contributed by atoms with Crippen molar-refractivity contribution in [2.24, 2.45) is 11.3 Å². The zero-order valence-corrected chi connectivity index (χ0v) is 27.1. The number of likely N-dealkylation sites (tertiary alicyclic amines) is 1. The summed E-state index contributed by atoms with van der Waals surface area (Å²) in [6.07, 6.45) is 4.49. The molecule has 4 N–H and O–H groups in total. The van der Waals surface area contributed by atoms with E-state index in [2.05, 4.69) is 48.5 Å². The first-order chi connectivity index (χ1) is 20.4. The third-order valence-corrected chi connectivity index (χ3v) is 7.73. The van der Waals surface area contributed by atoms with E-state index in [4.69, 9.17) is 28.3 Å². The van der Waals surface area contributed by atoms with Crippen molar-refractivity contribution >= 4 is 41.7 Å². The number of amides is 2. The second kappa shape index (κ2) is 18.5. The summed E-state index contributed by atoms with van der Waals surface area (Å²) in [5.74, 6) is -1.01. The van der Waals surface area contributed by atoms with E-state index in [9.17, 15) is 18.4 Å². The lowest BCUT2D eigenvalue weighted by molar-refractivity contribution is -0.109. The summed E-state index contributed by atoms with van der Waals surface area (Å²) in [5, 5.41) is 17.3. The van der Waals surface area contributed by atoms with E-state index in [0.717, 1.165) is 51.9 Å². The first kappa shape index (κ1) is 36.9. The lowest BCUT2D eigenvalue weighted by Crippen LogP contribution is -2.36. The van der Waals surface area contributed by atoms with E-state index in [1.54, 1.807) is 12.1 Å². The highest BCUT2D eigenvalue weighted by molar-refractivity contribution is 6.31. The minimum absolute atomic E-state index is 0.0478. The highest BCUT2D eigenvalue weighted by Crippen LogP contribution is 2.42. The lowest BCUT2D eigenvalue weighted by atomic mass is 9.83. The van der Waals surface area contributed by atoms with Gasteiger partial charge in [0.05, 0.1) is 10.0 Å². The van der Waals surface area contributed by atoms with Crippen LogP contribution in [0.4, 0.5) is 14.5 Å². The zero-order valence-electron chi connectivity index (χ0n) is 25.6. The van der Waals surface area contributed by atoms with Gasteiger partial charge in [0.1, 0.15) is 11.6 Å². The number of halogens is 4. The monoisotopic (exact) mass is 642 g/mol. The van der Waals surface area contributed by atoms with Gasteiger partial charge >= 0.3 is 0 Å². The van der Waals surface area contributed by atoms with Gasteiger partial charge < -0.3 is 26.0 Å². The van der Waals surface area contributed by atoms with Gasteiger partial charge in [-0.15, -0.1) is 0 Å². The average molecular weight is 644 g/mol. The number of carbonyl (C=O) groups is 2. The minimum Gasteiger partial charge on any atom is -0.396 e. The molecule has 2 aliphatic heterocycles. The maximum Gasteiger partial charge on any atom is 0.211 e. The van der Waals surface area contributed by atoms with Gasteiger partial charge in [-0.05, 0) is 79.6 Å². The second-order valence-corrected chi connectivity index (χ2v) is 13.3. The smallest absolute Gasteiger partial charge is 0.211 e. The van der Waals surface area contributed by atoms with Crippen molar-refractivity contribution in [2.75, 3.05) is 51.2 Å². The predicted molar refractivity (Wildman–Crippen MR) is 171 cm³/mol. The number of carbonyl (C=O) groups excluding carboxylic acids is 2. The van der Waals surface area contributed by atoms with Gasteiger partial charge in [-0.25, -0.2) is 8.78 Å². The topological polar surface area (TPSA) is 93.7 Å². The van der Waals surface area contributed by atoms with Crippen molar-refractivity contribution in [1.82, 2.24) is 15.5 Å². The highest BCUT2D eigenvalue weighted by atomic mass is 35.5. The Labute approximate surface area is 264 Å². The van der Waals surface area contributed by atoms with Crippen LogP contribution in [0.5, 0.6) is 0 Å². The number of piperidine rings is 1. The Morgan fingerprint density at radius 1 is 1.00 bits per heavy atom. The number of rotatable bonds is 10. The normalized spacial score (nSPS) is 19.0. The van der Waals surface area contributed by atoms with E-state index in [1.807, 2.05) is 0 Å². The minimum atomic E-state index is -0.583. The van der Waals surface area contributed by atoms with Crippen LogP contribution in [0.3, 0.4) is 0 Å². The molecule has 2 amide bonds. The van der Waals surface area contributed by atoms with Gasteiger partial charge in [0, 0.05) is 43.8 Å². The molecule has 0 spiro atoms. The number of anilines is 1. The average Bonchev–Trinajstić information content (AvgIpc) is 3.44. The van der Waals surface area contributed by atoms with E-state index >= 15 is 0 Å². The quantitative estimate of drug-likeness (QED) is 0.183. The predicted octanol–water partition coefficient (Wildman–Crippen LogP) is 6.19. The van der Waals surface area contributed by atoms with E-state index in [0.29, 0.717) is 54.3 Å². The number of hydrogen-bond donors (Lipinski definition) is 4. The maximum atomic E-state index is 14.4. The molecule has 2 heterocycles. The maximum absolute atomic E-state index is 14.4. The second-order valence-electron chi connectivity index (χ2n) is 12.5. The summed E-state index contributed by atoms with van der Waals surface area (Å²) in [6.45, 7) is 14.1. The lowest BCUT2D eigenvalue weighted by Gasteiger charge is -2.30. The van der Waals surface area contributed by atoms with Crippen LogP contribution in [0.25, 0.3) is 0 Å². The van der Waals surface area contributed by atoms with E-state index < -0.39 is 11.6 Å². The molecule has 2 aromatic carbocycles. The fourth-order valence-corrected chi connectivity index (χ4v) is 5.40. The molecule has 2 aromatic rings. The van der Waals surface area contributed by atoms with Gasteiger partial charge in [-0.3, -0.25) is 9.59 Å². The first-order valence-corrected chi connectivity index (χ1v) is 15.5. The summed E-state index contributed by atoms with van der Waals surface area (Å²) >= 11 is 11.7. The Balaban J connectivity index is 0.000000287. The molecule has 43 heavy (non-hydrogen) atoms. The molecule has 2 fully saturated rings. The number of hydrogen-bond acceptors (Lipinski definition) is 5. The van der Waals surface area contributed by atoms with Crippen LogP contribution >= 0.6 is 23.2 Å². The number of benzene rings is 2. The van der Waals surface area contributed by atoms with Crippen LogP contribution in [0.2, 0.25) is 10.0 Å². The van der Waals surface area contributed by atoms with Crippen LogP contribution in [-0.2, 0) is 9.59 Å². The molecule has 7 nitrogen and oxygen atoms in total. The van der Waals surface area contributed by atoms with Gasteiger partial charge in [0.25, 0.3) is 0 Å². The van der Waals surface area contributed by atoms with Crippen molar-refractivity contribution in [3.8, 4) is 0 Å². The summed E-state index contributed by atoms with van der Waals surface area (Å²) in [5.41, 5.74) is 1.95. The molecular weight excluding hydrogens is 597 g/mol. The van der Waals surface area contributed by atoms with Crippen LogP contribution in [0, 0.1) is 23.0 Å². The van der Waals surface area contributed by atoms with Gasteiger partial charge in [0.2, 0.25) is 12.8 Å². The fourth-order valence-electron chi connectivity index (χ4n) is 5.05. The Hall–Kier alpha value is -2.30. The molecule has 0 aromatic heterocycles. The van der Waals surface area contributed by atoms with Gasteiger partial charge in [-0.2, -0.15) is 0 Å².